The standard InChI is InChI=1S/C17H29N3O3/c1-7-8-23-17(22)20-10-15(21)19-16(14(20)9-11(2)3)18-13(6)12(4)5/h7,11-14H,1,8-10H2,2-6H3,(H,18,19,21)/t13-,14?/m1/s1. The molecule has 1 heterocycles. The highest BCUT2D eigenvalue weighted by Gasteiger charge is 2.36. The summed E-state index contributed by atoms with van der Waals surface area (Å²) in [5.74, 6) is 1.02. The molecule has 2 atom stereocenters. The van der Waals surface area contributed by atoms with Crippen LogP contribution in [0, 0.1) is 11.8 Å². The smallest absolute Gasteiger partial charge is 0.411 e. The van der Waals surface area contributed by atoms with E-state index in [9.17, 15) is 9.59 Å². The van der Waals surface area contributed by atoms with Crippen molar-refractivity contribution in [1.29, 1.82) is 0 Å². The zero-order valence-corrected chi connectivity index (χ0v) is 14.8. The summed E-state index contributed by atoms with van der Waals surface area (Å²) in [7, 11) is 0. The Kier molecular flexibility index (Phi) is 7.26. The Bertz CT molecular complexity index is 472. The zero-order valence-electron chi connectivity index (χ0n) is 14.8. The van der Waals surface area contributed by atoms with Gasteiger partial charge in [0.1, 0.15) is 19.0 Å². The summed E-state index contributed by atoms with van der Waals surface area (Å²) in [4.78, 5) is 30.4. The first-order valence-corrected chi connectivity index (χ1v) is 8.18. The van der Waals surface area contributed by atoms with Crippen LogP contribution in [0.3, 0.4) is 0 Å². The molecule has 6 nitrogen and oxygen atoms in total. The van der Waals surface area contributed by atoms with Gasteiger partial charge in [0.2, 0.25) is 5.91 Å². The molecule has 1 aliphatic rings. The fourth-order valence-corrected chi connectivity index (χ4v) is 2.26. The Morgan fingerprint density at radius 3 is 2.61 bits per heavy atom. The van der Waals surface area contributed by atoms with Crippen molar-refractivity contribution in [3.8, 4) is 0 Å². The number of amides is 2. The second-order valence-corrected chi connectivity index (χ2v) is 6.69. The van der Waals surface area contributed by atoms with E-state index in [1.54, 1.807) is 0 Å². The fraction of sp³-hybridized carbons (Fsp3) is 0.706. The number of rotatable bonds is 6. The second-order valence-electron chi connectivity index (χ2n) is 6.69. The third-order valence-corrected chi connectivity index (χ3v) is 3.83. The van der Waals surface area contributed by atoms with Crippen LogP contribution in [-0.2, 0) is 9.53 Å². The molecule has 2 amide bonds. The van der Waals surface area contributed by atoms with Crippen LogP contribution in [-0.4, -0.2) is 48.0 Å². The van der Waals surface area contributed by atoms with Crippen LogP contribution < -0.4 is 5.32 Å². The lowest BCUT2D eigenvalue weighted by Crippen LogP contribution is -2.60. The van der Waals surface area contributed by atoms with Gasteiger partial charge in [-0.2, -0.15) is 0 Å². The van der Waals surface area contributed by atoms with Crippen molar-refractivity contribution >= 4 is 17.8 Å². The molecule has 1 saturated heterocycles. The summed E-state index contributed by atoms with van der Waals surface area (Å²) in [5, 5.41) is 2.84. The van der Waals surface area contributed by atoms with Crippen molar-refractivity contribution in [2.75, 3.05) is 13.2 Å². The number of nitrogens with one attached hydrogen (secondary N) is 1. The van der Waals surface area contributed by atoms with Gasteiger partial charge in [-0.05, 0) is 25.2 Å². The van der Waals surface area contributed by atoms with E-state index in [1.807, 2.05) is 6.92 Å². The van der Waals surface area contributed by atoms with E-state index in [0.29, 0.717) is 24.1 Å². The van der Waals surface area contributed by atoms with Gasteiger partial charge < -0.3 is 10.1 Å². The molecule has 0 saturated carbocycles. The summed E-state index contributed by atoms with van der Waals surface area (Å²) >= 11 is 0. The average Bonchev–Trinajstić information content (AvgIpc) is 2.46. The number of nitrogens with zero attached hydrogens (tertiary/aromatic N) is 2. The fourth-order valence-electron chi connectivity index (χ4n) is 2.26. The Balaban J connectivity index is 3.08. The van der Waals surface area contributed by atoms with E-state index < -0.39 is 6.09 Å². The predicted octanol–water partition coefficient (Wildman–Crippen LogP) is 2.60. The van der Waals surface area contributed by atoms with E-state index in [4.69, 9.17) is 4.74 Å². The highest BCUT2D eigenvalue weighted by atomic mass is 16.6. The highest BCUT2D eigenvalue weighted by Crippen LogP contribution is 2.18. The molecule has 1 rings (SSSR count). The number of piperazine rings is 1. The van der Waals surface area contributed by atoms with Crippen LogP contribution in [0.2, 0.25) is 0 Å². The van der Waals surface area contributed by atoms with Crippen molar-refractivity contribution in [3.05, 3.63) is 12.7 Å². The van der Waals surface area contributed by atoms with Crippen LogP contribution >= 0.6 is 0 Å². The number of aliphatic imine (C=N–C) groups is 1. The van der Waals surface area contributed by atoms with Crippen LogP contribution in [0.5, 0.6) is 0 Å². The zero-order chi connectivity index (χ0) is 17.6. The van der Waals surface area contributed by atoms with E-state index in [0.717, 1.165) is 0 Å². The Morgan fingerprint density at radius 2 is 2.09 bits per heavy atom. The maximum absolute atomic E-state index is 12.3. The molecule has 6 heteroatoms. The molecule has 23 heavy (non-hydrogen) atoms. The van der Waals surface area contributed by atoms with Crippen LogP contribution in [0.4, 0.5) is 4.79 Å². The van der Waals surface area contributed by atoms with Gasteiger partial charge in [-0.25, -0.2) is 4.79 Å². The Morgan fingerprint density at radius 1 is 1.43 bits per heavy atom. The minimum Gasteiger partial charge on any atom is -0.445 e. The van der Waals surface area contributed by atoms with Crippen LogP contribution in [0.25, 0.3) is 0 Å². The van der Waals surface area contributed by atoms with Gasteiger partial charge >= 0.3 is 6.09 Å². The molecule has 1 N–H and O–H groups in total. The Labute approximate surface area is 139 Å². The summed E-state index contributed by atoms with van der Waals surface area (Å²) in [6, 6.07) is -0.213. The molecule has 0 aromatic carbocycles. The number of hydrogen-bond acceptors (Lipinski definition) is 4. The van der Waals surface area contributed by atoms with Crippen molar-refractivity contribution < 1.29 is 14.3 Å². The van der Waals surface area contributed by atoms with Crippen LogP contribution in [0.1, 0.15) is 41.0 Å². The van der Waals surface area contributed by atoms with Gasteiger partial charge in [0, 0.05) is 0 Å². The Hall–Kier alpha value is -1.85. The lowest BCUT2D eigenvalue weighted by atomic mass is 9.99. The largest absolute Gasteiger partial charge is 0.445 e. The van der Waals surface area contributed by atoms with Crippen molar-refractivity contribution in [2.24, 2.45) is 16.8 Å². The van der Waals surface area contributed by atoms with Crippen molar-refractivity contribution in [1.82, 2.24) is 10.2 Å². The maximum atomic E-state index is 12.3. The number of hydrogen-bond donors (Lipinski definition) is 1. The number of carbonyl (C=O) groups excluding carboxylic acids is 2. The van der Waals surface area contributed by atoms with Crippen LogP contribution in [0.15, 0.2) is 17.6 Å². The SMILES string of the molecule is C=CCOC(=O)N1CC(=O)NC(=N[C@H](C)C(C)C)C1CC(C)C. The molecule has 0 bridgehead atoms. The topological polar surface area (TPSA) is 71.0 Å². The summed E-state index contributed by atoms with van der Waals surface area (Å²) in [6.07, 6.45) is 1.72. The minimum atomic E-state index is -0.504. The van der Waals surface area contributed by atoms with Gasteiger partial charge in [-0.15, -0.1) is 0 Å². The van der Waals surface area contributed by atoms with E-state index in [-0.39, 0.29) is 31.1 Å². The van der Waals surface area contributed by atoms with E-state index in [2.05, 4.69) is 44.6 Å². The summed E-state index contributed by atoms with van der Waals surface area (Å²) in [6.45, 7) is 14.0. The number of carbonyl (C=O) groups is 2. The predicted molar refractivity (Wildman–Crippen MR) is 91.4 cm³/mol. The molecule has 0 aromatic rings. The molecule has 130 valence electrons. The molecule has 0 aromatic heterocycles. The van der Waals surface area contributed by atoms with E-state index in [1.165, 1.54) is 11.0 Å². The lowest BCUT2D eigenvalue weighted by molar-refractivity contribution is -0.122. The molecular weight excluding hydrogens is 294 g/mol. The monoisotopic (exact) mass is 323 g/mol. The second kappa shape index (κ2) is 8.70. The van der Waals surface area contributed by atoms with Gasteiger partial charge in [-0.3, -0.25) is 14.7 Å². The first-order valence-electron chi connectivity index (χ1n) is 8.18. The van der Waals surface area contributed by atoms with Gasteiger partial charge in [0.25, 0.3) is 0 Å². The number of amidine groups is 1. The quantitative estimate of drug-likeness (QED) is 0.764. The average molecular weight is 323 g/mol. The van der Waals surface area contributed by atoms with Crippen molar-refractivity contribution in [3.63, 3.8) is 0 Å². The molecule has 1 aliphatic heterocycles. The first kappa shape index (κ1) is 19.2. The third-order valence-electron chi connectivity index (χ3n) is 3.83. The normalized spacial score (nSPS) is 21.5. The number of ether oxygens (including phenoxy) is 1. The molecule has 1 fully saturated rings. The van der Waals surface area contributed by atoms with Gasteiger partial charge in [-0.1, -0.05) is 40.3 Å². The van der Waals surface area contributed by atoms with E-state index >= 15 is 0 Å². The third kappa shape index (κ3) is 5.69. The lowest BCUT2D eigenvalue weighted by Gasteiger charge is -2.37. The molecule has 0 spiro atoms. The minimum absolute atomic E-state index is 0.0115. The molecule has 0 aliphatic carbocycles. The summed E-state index contributed by atoms with van der Waals surface area (Å²) in [5.41, 5.74) is 0. The highest BCUT2D eigenvalue weighted by molar-refractivity contribution is 6.06. The maximum Gasteiger partial charge on any atom is 0.411 e. The first-order chi connectivity index (χ1) is 10.8. The van der Waals surface area contributed by atoms with Gasteiger partial charge in [0.05, 0.1) is 12.1 Å². The van der Waals surface area contributed by atoms with Crippen molar-refractivity contribution in [2.45, 2.75) is 53.1 Å². The summed E-state index contributed by atoms with van der Waals surface area (Å²) < 4.78 is 5.13. The van der Waals surface area contributed by atoms with Gasteiger partial charge in [0.15, 0.2) is 0 Å². The molecule has 1 unspecified atom stereocenters. The molecule has 0 radical (unpaired) electrons. The molecular formula is C17H29N3O3.